The number of ether oxygens (including phenoxy) is 1. The van der Waals surface area contributed by atoms with Gasteiger partial charge in [0.2, 0.25) is 0 Å². The minimum atomic E-state index is 0.257. The van der Waals surface area contributed by atoms with E-state index >= 15 is 0 Å². The molecular weight excluding hydrogens is 322 g/mol. The quantitative estimate of drug-likeness (QED) is 0.785. The Hall–Kier alpha value is -1.52. The Morgan fingerprint density at radius 1 is 1.38 bits per heavy atom. The number of nitrogens with zero attached hydrogens (tertiary/aromatic N) is 3. The molecule has 0 spiro atoms. The highest BCUT2D eigenvalue weighted by Crippen LogP contribution is 2.33. The van der Waals surface area contributed by atoms with E-state index in [1.807, 2.05) is 23.0 Å². The molecule has 24 heavy (non-hydrogen) atoms. The summed E-state index contributed by atoms with van der Waals surface area (Å²) in [4.78, 5) is 2.50. The molecule has 5 heteroatoms. The number of rotatable bonds is 5. The van der Waals surface area contributed by atoms with Crippen molar-refractivity contribution in [2.45, 2.75) is 58.3 Å². The standard InChI is InChI=1S/C19H26ClN3O/c1-4-22-13-19(12-21-22)23(18-9-10-24-14(2)11-18)15(3)16-5-7-17(20)8-6-16/h5-8,12-15,18H,4,9-11H2,1-3H3. The molecule has 1 fully saturated rings. The number of halogens is 1. The minimum absolute atomic E-state index is 0.257. The molecule has 130 valence electrons. The SMILES string of the molecule is CCn1cc(N(C2CCOC(C)C2)C(C)c2ccc(Cl)cc2)cn1. The monoisotopic (exact) mass is 347 g/mol. The Labute approximate surface area is 149 Å². The van der Waals surface area contributed by atoms with Crippen molar-refractivity contribution >= 4 is 17.3 Å². The van der Waals surface area contributed by atoms with Crippen LogP contribution in [0.2, 0.25) is 5.02 Å². The number of aromatic nitrogens is 2. The Balaban J connectivity index is 1.92. The summed E-state index contributed by atoms with van der Waals surface area (Å²) >= 11 is 6.06. The third-order valence-electron chi connectivity index (χ3n) is 4.86. The maximum Gasteiger partial charge on any atom is 0.0760 e. The van der Waals surface area contributed by atoms with Gasteiger partial charge in [0.05, 0.1) is 24.0 Å². The number of hydrogen-bond acceptors (Lipinski definition) is 3. The van der Waals surface area contributed by atoms with Crippen LogP contribution in [0.4, 0.5) is 5.69 Å². The summed E-state index contributed by atoms with van der Waals surface area (Å²) in [5.74, 6) is 0. The Kier molecular flexibility index (Phi) is 5.47. The number of hydrogen-bond donors (Lipinski definition) is 0. The van der Waals surface area contributed by atoms with Crippen molar-refractivity contribution in [2.75, 3.05) is 11.5 Å². The van der Waals surface area contributed by atoms with Gasteiger partial charge in [-0.2, -0.15) is 5.10 Å². The summed E-state index contributed by atoms with van der Waals surface area (Å²) in [5.41, 5.74) is 2.45. The molecule has 0 radical (unpaired) electrons. The van der Waals surface area contributed by atoms with Crippen molar-refractivity contribution in [3.63, 3.8) is 0 Å². The van der Waals surface area contributed by atoms with Crippen molar-refractivity contribution in [3.05, 3.63) is 47.2 Å². The fourth-order valence-electron chi connectivity index (χ4n) is 3.54. The lowest BCUT2D eigenvalue weighted by atomic mass is 9.97. The first kappa shape index (κ1) is 17.3. The second-order valence-electron chi connectivity index (χ2n) is 6.55. The molecule has 3 unspecified atom stereocenters. The third-order valence-corrected chi connectivity index (χ3v) is 5.11. The van der Waals surface area contributed by atoms with E-state index in [-0.39, 0.29) is 6.04 Å². The molecule has 1 aliphatic rings. The Bertz CT molecular complexity index is 655. The molecule has 0 aliphatic carbocycles. The molecule has 1 aliphatic heterocycles. The van der Waals surface area contributed by atoms with E-state index in [1.54, 1.807) is 0 Å². The second-order valence-corrected chi connectivity index (χ2v) is 6.99. The van der Waals surface area contributed by atoms with Crippen LogP contribution < -0.4 is 4.90 Å². The number of benzene rings is 1. The smallest absolute Gasteiger partial charge is 0.0760 e. The predicted octanol–water partition coefficient (Wildman–Crippen LogP) is 4.69. The van der Waals surface area contributed by atoms with Crippen molar-refractivity contribution in [1.82, 2.24) is 9.78 Å². The first-order chi connectivity index (χ1) is 11.6. The van der Waals surface area contributed by atoms with Gasteiger partial charge < -0.3 is 9.64 Å². The van der Waals surface area contributed by atoms with E-state index in [9.17, 15) is 0 Å². The highest BCUT2D eigenvalue weighted by atomic mass is 35.5. The molecule has 0 N–H and O–H groups in total. The lowest BCUT2D eigenvalue weighted by Gasteiger charge is -2.41. The van der Waals surface area contributed by atoms with Gasteiger partial charge in [-0.3, -0.25) is 4.68 Å². The van der Waals surface area contributed by atoms with Gasteiger partial charge in [0.15, 0.2) is 0 Å². The van der Waals surface area contributed by atoms with Gasteiger partial charge in [-0.25, -0.2) is 0 Å². The molecule has 3 atom stereocenters. The van der Waals surface area contributed by atoms with Crippen LogP contribution in [-0.4, -0.2) is 28.5 Å². The fourth-order valence-corrected chi connectivity index (χ4v) is 3.66. The molecule has 2 heterocycles. The molecule has 1 aromatic carbocycles. The molecule has 1 aromatic heterocycles. The van der Waals surface area contributed by atoms with Crippen LogP contribution in [-0.2, 0) is 11.3 Å². The zero-order valence-corrected chi connectivity index (χ0v) is 15.4. The van der Waals surface area contributed by atoms with Crippen LogP contribution in [0.25, 0.3) is 0 Å². The van der Waals surface area contributed by atoms with E-state index in [1.165, 1.54) is 11.3 Å². The van der Waals surface area contributed by atoms with Gasteiger partial charge in [0.1, 0.15) is 0 Å². The van der Waals surface area contributed by atoms with E-state index in [4.69, 9.17) is 16.3 Å². The average Bonchev–Trinajstić information content (AvgIpc) is 3.04. The fraction of sp³-hybridized carbons (Fsp3) is 0.526. The third kappa shape index (κ3) is 3.76. The highest BCUT2D eigenvalue weighted by Gasteiger charge is 2.30. The topological polar surface area (TPSA) is 30.3 Å². The summed E-state index contributed by atoms with van der Waals surface area (Å²) in [6, 6.07) is 8.88. The van der Waals surface area contributed by atoms with Gasteiger partial charge in [-0.05, 0) is 51.3 Å². The molecule has 3 rings (SSSR count). The maximum absolute atomic E-state index is 6.06. The van der Waals surface area contributed by atoms with E-state index in [2.05, 4.69) is 49.1 Å². The van der Waals surface area contributed by atoms with Crippen LogP contribution in [0.5, 0.6) is 0 Å². The van der Waals surface area contributed by atoms with Crippen molar-refractivity contribution in [1.29, 1.82) is 0 Å². The summed E-state index contributed by atoms with van der Waals surface area (Å²) < 4.78 is 7.74. The first-order valence-electron chi connectivity index (χ1n) is 8.76. The summed E-state index contributed by atoms with van der Waals surface area (Å²) in [7, 11) is 0. The van der Waals surface area contributed by atoms with E-state index in [0.717, 1.165) is 31.0 Å². The number of aryl methyl sites for hydroxylation is 1. The Morgan fingerprint density at radius 3 is 2.75 bits per heavy atom. The van der Waals surface area contributed by atoms with Crippen LogP contribution in [0, 0.1) is 0 Å². The molecule has 0 amide bonds. The molecule has 0 bridgehead atoms. The van der Waals surface area contributed by atoms with Crippen LogP contribution in [0.15, 0.2) is 36.7 Å². The van der Waals surface area contributed by atoms with E-state index in [0.29, 0.717) is 12.1 Å². The summed E-state index contributed by atoms with van der Waals surface area (Å²) in [5, 5.41) is 5.26. The predicted molar refractivity (Wildman–Crippen MR) is 98.7 cm³/mol. The van der Waals surface area contributed by atoms with Crippen LogP contribution >= 0.6 is 11.6 Å². The summed E-state index contributed by atoms with van der Waals surface area (Å²) in [6.45, 7) is 8.23. The van der Waals surface area contributed by atoms with Crippen molar-refractivity contribution in [3.8, 4) is 0 Å². The maximum atomic E-state index is 6.06. The lowest BCUT2D eigenvalue weighted by Crippen LogP contribution is -2.43. The minimum Gasteiger partial charge on any atom is -0.378 e. The van der Waals surface area contributed by atoms with Gasteiger partial charge in [0, 0.05) is 30.4 Å². The zero-order valence-electron chi connectivity index (χ0n) is 14.7. The molecule has 0 saturated carbocycles. The van der Waals surface area contributed by atoms with Crippen LogP contribution in [0.3, 0.4) is 0 Å². The largest absolute Gasteiger partial charge is 0.378 e. The second kappa shape index (κ2) is 7.58. The number of anilines is 1. The zero-order chi connectivity index (χ0) is 17.1. The molecular formula is C19H26ClN3O. The van der Waals surface area contributed by atoms with Gasteiger partial charge >= 0.3 is 0 Å². The normalized spacial score (nSPS) is 22.3. The van der Waals surface area contributed by atoms with Gasteiger partial charge in [0.25, 0.3) is 0 Å². The first-order valence-corrected chi connectivity index (χ1v) is 9.14. The average molecular weight is 348 g/mol. The lowest BCUT2D eigenvalue weighted by molar-refractivity contribution is 0.0173. The molecule has 2 aromatic rings. The van der Waals surface area contributed by atoms with Crippen molar-refractivity contribution in [2.24, 2.45) is 0 Å². The molecule has 4 nitrogen and oxygen atoms in total. The van der Waals surface area contributed by atoms with Crippen LogP contribution in [0.1, 0.15) is 45.2 Å². The van der Waals surface area contributed by atoms with Gasteiger partial charge in [-0.1, -0.05) is 23.7 Å². The highest BCUT2D eigenvalue weighted by molar-refractivity contribution is 6.30. The van der Waals surface area contributed by atoms with Gasteiger partial charge in [-0.15, -0.1) is 0 Å². The Morgan fingerprint density at radius 2 is 2.12 bits per heavy atom. The molecule has 1 saturated heterocycles. The van der Waals surface area contributed by atoms with Crippen molar-refractivity contribution < 1.29 is 4.74 Å². The van der Waals surface area contributed by atoms with E-state index < -0.39 is 0 Å². The summed E-state index contributed by atoms with van der Waals surface area (Å²) in [6.07, 6.45) is 6.50.